The Balaban J connectivity index is 4.68. The molecule has 16 heavy (non-hydrogen) atoms. The first kappa shape index (κ1) is 13.7. The Morgan fingerprint density at radius 2 is 1.88 bits per heavy atom. The molecule has 0 radical (unpaired) electrons. The predicted octanol–water partition coefficient (Wildman–Crippen LogP) is -0.292. The standard InChI is InChI=1S/C5H9N5O6/c1-5(9(13)14,10(15)16)2-3-8(7-12)4(6)11/h2-3H2,1H3,(H2,6,11). The molecule has 0 aliphatic heterocycles. The van der Waals surface area contributed by atoms with Gasteiger partial charge < -0.3 is 5.73 Å². The van der Waals surface area contributed by atoms with E-state index in [9.17, 15) is 29.9 Å². The lowest BCUT2D eigenvalue weighted by Crippen LogP contribution is -2.46. The number of nitrogens with zero attached hydrogens (tertiary/aromatic N) is 4. The molecule has 0 bridgehead atoms. The number of amides is 2. The molecule has 0 aromatic heterocycles. The van der Waals surface area contributed by atoms with Crippen LogP contribution in [0.1, 0.15) is 13.3 Å². The van der Waals surface area contributed by atoms with Crippen molar-refractivity contribution in [1.29, 1.82) is 0 Å². The van der Waals surface area contributed by atoms with Crippen LogP contribution in [0.3, 0.4) is 0 Å². The monoisotopic (exact) mass is 235 g/mol. The van der Waals surface area contributed by atoms with E-state index in [1.54, 1.807) is 0 Å². The van der Waals surface area contributed by atoms with Gasteiger partial charge in [-0.15, -0.1) is 4.91 Å². The predicted molar refractivity (Wildman–Crippen MR) is 49.1 cm³/mol. The van der Waals surface area contributed by atoms with Crippen molar-refractivity contribution in [3.63, 3.8) is 0 Å². The molecular formula is C5H9N5O6. The first-order valence-electron chi connectivity index (χ1n) is 3.95. The molecule has 11 nitrogen and oxygen atoms in total. The molecule has 2 amide bonds. The molecule has 0 fully saturated rings. The van der Waals surface area contributed by atoms with Crippen molar-refractivity contribution in [3.05, 3.63) is 25.1 Å². The summed E-state index contributed by atoms with van der Waals surface area (Å²) in [6.45, 7) is 0.161. The van der Waals surface area contributed by atoms with Gasteiger partial charge in [0.1, 0.15) is 6.42 Å². The van der Waals surface area contributed by atoms with E-state index < -0.39 is 34.5 Å². The second-order valence-electron chi connectivity index (χ2n) is 3.02. The van der Waals surface area contributed by atoms with Gasteiger partial charge in [-0.1, -0.05) is 0 Å². The van der Waals surface area contributed by atoms with Gasteiger partial charge in [-0.05, 0) is 0 Å². The summed E-state index contributed by atoms with van der Waals surface area (Å²) in [6, 6.07) is -1.23. The van der Waals surface area contributed by atoms with Crippen molar-refractivity contribution in [2.24, 2.45) is 11.0 Å². The summed E-state index contributed by atoms with van der Waals surface area (Å²) in [6.07, 6.45) is -0.679. The molecule has 2 N–H and O–H groups in total. The first-order valence-corrected chi connectivity index (χ1v) is 3.95. The lowest BCUT2D eigenvalue weighted by Gasteiger charge is -2.14. The molecule has 0 saturated carbocycles. The van der Waals surface area contributed by atoms with Gasteiger partial charge >= 0.3 is 11.7 Å². The largest absolute Gasteiger partial charge is 0.457 e. The number of primary amides is 1. The highest BCUT2D eigenvalue weighted by molar-refractivity contribution is 5.71. The average Bonchev–Trinajstić information content (AvgIpc) is 2.16. The highest BCUT2D eigenvalue weighted by atomic mass is 16.7. The van der Waals surface area contributed by atoms with E-state index in [-0.39, 0.29) is 5.01 Å². The number of urea groups is 1. The van der Waals surface area contributed by atoms with Gasteiger partial charge in [0.05, 0.1) is 28.6 Å². The Bertz CT molecular complexity index is 315. The second kappa shape index (κ2) is 4.95. The van der Waals surface area contributed by atoms with Crippen molar-refractivity contribution in [1.82, 2.24) is 5.01 Å². The number of rotatable bonds is 6. The first-order chi connectivity index (χ1) is 7.25. The molecule has 0 unspecified atom stereocenters. The Morgan fingerprint density at radius 1 is 1.44 bits per heavy atom. The molecule has 0 spiro atoms. The maximum Gasteiger partial charge on any atom is 0.457 e. The molecule has 0 rings (SSSR count). The third kappa shape index (κ3) is 2.83. The average molecular weight is 235 g/mol. The number of nitrogens with two attached hydrogens (primary N) is 1. The fourth-order valence-electron chi connectivity index (χ4n) is 0.758. The SMILES string of the molecule is CC(CCN(N=O)C(N)=O)([N+](=O)[O-])[N+](=O)[O-]. The fraction of sp³-hybridized carbons (Fsp3) is 0.800. The molecule has 0 heterocycles. The minimum absolute atomic E-state index is 0.172. The van der Waals surface area contributed by atoms with Crippen LogP contribution >= 0.6 is 0 Å². The molecule has 0 aliphatic carbocycles. The van der Waals surface area contributed by atoms with Gasteiger partial charge in [0, 0.05) is 0 Å². The van der Waals surface area contributed by atoms with Crippen LogP contribution in [0.15, 0.2) is 5.29 Å². The highest BCUT2D eigenvalue weighted by Gasteiger charge is 2.50. The summed E-state index contributed by atoms with van der Waals surface area (Å²) in [4.78, 5) is 39.2. The Hall–Kier alpha value is -2.33. The van der Waals surface area contributed by atoms with Gasteiger partial charge in [0.15, 0.2) is 0 Å². The van der Waals surface area contributed by atoms with Crippen LogP contribution in [0, 0.1) is 25.1 Å². The number of hydrogen-bond donors (Lipinski definition) is 1. The van der Waals surface area contributed by atoms with Gasteiger partial charge in [0.2, 0.25) is 0 Å². The van der Waals surface area contributed by atoms with Crippen molar-refractivity contribution in [2.75, 3.05) is 6.54 Å². The molecule has 0 aliphatic rings. The zero-order valence-corrected chi connectivity index (χ0v) is 8.23. The van der Waals surface area contributed by atoms with E-state index in [4.69, 9.17) is 0 Å². The normalized spacial score (nSPS) is 10.6. The van der Waals surface area contributed by atoms with Crippen LogP contribution in [0.5, 0.6) is 0 Å². The van der Waals surface area contributed by atoms with Gasteiger partial charge in [-0.3, -0.25) is 20.2 Å². The number of hydrogen-bond acceptors (Lipinski definition) is 7. The summed E-state index contributed by atoms with van der Waals surface area (Å²) in [5.41, 5.74) is 2.19. The van der Waals surface area contributed by atoms with Crippen molar-refractivity contribution < 1.29 is 14.6 Å². The van der Waals surface area contributed by atoms with E-state index in [1.165, 1.54) is 0 Å². The zero-order valence-electron chi connectivity index (χ0n) is 8.23. The minimum Gasteiger partial charge on any atom is -0.350 e. The van der Waals surface area contributed by atoms with Crippen molar-refractivity contribution >= 4 is 6.03 Å². The molecule has 90 valence electrons. The van der Waals surface area contributed by atoms with Gasteiger partial charge in [-0.2, -0.15) is 5.01 Å². The number of carbonyl (C=O) groups excluding carboxylic acids is 1. The van der Waals surface area contributed by atoms with E-state index >= 15 is 0 Å². The summed E-state index contributed by atoms with van der Waals surface area (Å²) < 4.78 is 0. The summed E-state index contributed by atoms with van der Waals surface area (Å²) in [5.74, 6) is 0. The lowest BCUT2D eigenvalue weighted by atomic mass is 10.1. The van der Waals surface area contributed by atoms with Crippen molar-refractivity contribution in [3.8, 4) is 0 Å². The number of nitro groups is 2. The van der Waals surface area contributed by atoms with Crippen LogP contribution in [-0.2, 0) is 0 Å². The second-order valence-corrected chi connectivity index (χ2v) is 3.02. The lowest BCUT2D eigenvalue weighted by molar-refractivity contribution is -0.792. The molecule has 11 heteroatoms. The third-order valence-corrected chi connectivity index (χ3v) is 1.94. The molecule has 0 saturated heterocycles. The number of nitroso groups, excluding NO2 is 1. The third-order valence-electron chi connectivity index (χ3n) is 1.94. The topological polar surface area (TPSA) is 162 Å². The van der Waals surface area contributed by atoms with Crippen LogP contribution < -0.4 is 5.73 Å². The molecular weight excluding hydrogens is 226 g/mol. The van der Waals surface area contributed by atoms with E-state index in [2.05, 4.69) is 11.0 Å². The number of carbonyl (C=O) groups is 1. The Morgan fingerprint density at radius 3 is 2.12 bits per heavy atom. The summed E-state index contributed by atoms with van der Waals surface area (Å²) in [5, 5.41) is 23.3. The quantitative estimate of drug-likeness (QED) is 0.287. The minimum atomic E-state index is -2.49. The van der Waals surface area contributed by atoms with Gasteiger partial charge in [-0.25, -0.2) is 4.79 Å². The van der Waals surface area contributed by atoms with Crippen LogP contribution in [-0.4, -0.2) is 33.1 Å². The Kier molecular flexibility index (Phi) is 4.23. The Labute approximate surface area is 88.4 Å². The smallest absolute Gasteiger partial charge is 0.350 e. The zero-order chi connectivity index (χ0) is 12.9. The highest BCUT2D eigenvalue weighted by Crippen LogP contribution is 2.15. The van der Waals surface area contributed by atoms with Gasteiger partial charge in [0.25, 0.3) is 0 Å². The van der Waals surface area contributed by atoms with Crippen LogP contribution in [0.25, 0.3) is 0 Å². The van der Waals surface area contributed by atoms with E-state index in [1.807, 2.05) is 0 Å². The van der Waals surface area contributed by atoms with E-state index in [0.717, 1.165) is 6.92 Å². The summed E-state index contributed by atoms with van der Waals surface area (Å²) in [7, 11) is 0. The maximum absolute atomic E-state index is 10.5. The van der Waals surface area contributed by atoms with Crippen LogP contribution in [0.4, 0.5) is 4.79 Å². The fourth-order valence-corrected chi connectivity index (χ4v) is 0.758. The maximum atomic E-state index is 10.5. The van der Waals surface area contributed by atoms with Crippen LogP contribution in [0.2, 0.25) is 0 Å². The molecule has 0 aromatic rings. The summed E-state index contributed by atoms with van der Waals surface area (Å²) >= 11 is 0. The van der Waals surface area contributed by atoms with E-state index in [0.29, 0.717) is 0 Å². The molecule has 0 aromatic carbocycles. The molecule has 0 atom stereocenters. The van der Waals surface area contributed by atoms with Crippen molar-refractivity contribution in [2.45, 2.75) is 19.0 Å².